The van der Waals surface area contributed by atoms with Crippen molar-refractivity contribution in [2.24, 2.45) is 5.92 Å². The third-order valence-corrected chi connectivity index (χ3v) is 9.11. The molecule has 0 saturated carbocycles. The lowest BCUT2D eigenvalue weighted by atomic mass is 10.0. The summed E-state index contributed by atoms with van der Waals surface area (Å²) < 4.78 is 0. The van der Waals surface area contributed by atoms with Gasteiger partial charge in [-0.3, -0.25) is 19.8 Å². The summed E-state index contributed by atoms with van der Waals surface area (Å²) in [7, 11) is 0. The molecule has 1 aliphatic rings. The van der Waals surface area contributed by atoms with Gasteiger partial charge in [0.15, 0.2) is 0 Å². The van der Waals surface area contributed by atoms with Crippen molar-refractivity contribution in [2.75, 3.05) is 18.4 Å². The molecule has 11 nitrogen and oxygen atoms in total. The first-order valence-corrected chi connectivity index (χ1v) is 17.6. The Hall–Kier alpha value is -3.77. The van der Waals surface area contributed by atoms with E-state index in [-0.39, 0.29) is 23.8 Å². The van der Waals surface area contributed by atoms with Gasteiger partial charge >= 0.3 is 0 Å². The van der Waals surface area contributed by atoms with Gasteiger partial charge in [-0.05, 0) is 60.9 Å². The summed E-state index contributed by atoms with van der Waals surface area (Å²) >= 11 is 0. The van der Waals surface area contributed by atoms with E-state index in [1.807, 2.05) is 74.2 Å². The molecule has 48 heavy (non-hydrogen) atoms. The lowest BCUT2D eigenvalue weighted by Gasteiger charge is -2.30. The normalized spacial score (nSPS) is 18.2. The minimum atomic E-state index is -0.740. The van der Waals surface area contributed by atoms with Crippen LogP contribution in [0.3, 0.4) is 0 Å². The molecule has 0 radical (unpaired) electrons. The molecule has 0 aliphatic carbocycles. The number of aromatic amines is 1. The van der Waals surface area contributed by atoms with Gasteiger partial charge in [0, 0.05) is 49.8 Å². The SMILES string of the molecule is CCC[C@H](N[C@H](O)[C@@H](C)CCC)C(=O)NCCCN1Cc2cc(C(=O)N(Cc3ccccc3)Cc3ncc[nH]3)ccc2N[C@@H](CC)[C@@H]1O. The summed E-state index contributed by atoms with van der Waals surface area (Å²) in [6, 6.07) is 15.0. The molecule has 0 bridgehead atoms. The van der Waals surface area contributed by atoms with Gasteiger partial charge < -0.3 is 30.7 Å². The van der Waals surface area contributed by atoms with E-state index in [9.17, 15) is 19.8 Å². The quantitative estimate of drug-likeness (QED) is 0.0858. The average molecular weight is 662 g/mol. The van der Waals surface area contributed by atoms with E-state index < -0.39 is 18.5 Å². The number of hydrogen-bond acceptors (Lipinski definition) is 8. The fourth-order valence-corrected chi connectivity index (χ4v) is 6.29. The minimum Gasteiger partial charge on any atom is -0.378 e. The predicted octanol–water partition coefficient (Wildman–Crippen LogP) is 4.60. The first-order chi connectivity index (χ1) is 23.2. The molecular weight excluding hydrogens is 606 g/mol. The van der Waals surface area contributed by atoms with Crippen LogP contribution in [-0.4, -0.2) is 79.4 Å². The van der Waals surface area contributed by atoms with Crippen LogP contribution in [0.1, 0.15) is 93.5 Å². The van der Waals surface area contributed by atoms with Gasteiger partial charge in [0.2, 0.25) is 5.91 Å². The Morgan fingerprint density at radius 3 is 2.54 bits per heavy atom. The van der Waals surface area contributed by atoms with E-state index in [4.69, 9.17) is 0 Å². The largest absolute Gasteiger partial charge is 0.378 e. The zero-order valence-corrected chi connectivity index (χ0v) is 29.0. The van der Waals surface area contributed by atoms with E-state index in [1.165, 1.54) is 0 Å². The van der Waals surface area contributed by atoms with Crippen LogP contribution >= 0.6 is 0 Å². The van der Waals surface area contributed by atoms with Gasteiger partial charge in [-0.15, -0.1) is 0 Å². The van der Waals surface area contributed by atoms with Crippen molar-refractivity contribution >= 4 is 17.5 Å². The van der Waals surface area contributed by atoms with E-state index >= 15 is 0 Å². The Morgan fingerprint density at radius 1 is 1.08 bits per heavy atom. The molecular formula is C37H55N7O4. The van der Waals surface area contributed by atoms with Crippen molar-refractivity contribution in [1.29, 1.82) is 0 Å². The number of hydrogen-bond donors (Lipinski definition) is 6. The van der Waals surface area contributed by atoms with Crippen molar-refractivity contribution in [3.05, 3.63) is 83.4 Å². The van der Waals surface area contributed by atoms with Gasteiger partial charge in [-0.25, -0.2) is 4.98 Å². The zero-order valence-electron chi connectivity index (χ0n) is 29.0. The van der Waals surface area contributed by atoms with Crippen molar-refractivity contribution in [2.45, 2.75) is 110 Å². The van der Waals surface area contributed by atoms with Gasteiger partial charge in [0.25, 0.3) is 5.91 Å². The molecule has 0 fully saturated rings. The van der Waals surface area contributed by atoms with E-state index in [0.29, 0.717) is 63.4 Å². The van der Waals surface area contributed by atoms with Crippen LogP contribution in [0.4, 0.5) is 5.69 Å². The maximum absolute atomic E-state index is 14.0. The standard InChI is InChI=1S/C37H55N7O4/c1-5-12-26(4)34(45)42-32(13-6-2)35(46)40-18-11-21-43-24-29-22-28(16-17-31(29)41-30(7-3)37(43)48)36(47)44(25-33-38-19-20-39-33)23-27-14-9-8-10-15-27/h8-10,14-17,19-20,22,26,30,32,34,37,41-42,45,48H,5-7,11-13,18,21,23-25H2,1-4H3,(H,38,39)(H,40,46)/t26-,30-,32-,34+,37-/m0/s1. The first kappa shape index (κ1) is 37.1. The average Bonchev–Trinajstić information content (AvgIpc) is 3.56. The molecule has 2 heterocycles. The molecule has 1 aliphatic heterocycles. The third kappa shape index (κ3) is 10.4. The van der Waals surface area contributed by atoms with E-state index in [1.54, 1.807) is 17.3 Å². The number of amides is 2. The second-order valence-corrected chi connectivity index (χ2v) is 13.0. The number of nitrogens with zero attached hydrogens (tertiary/aromatic N) is 3. The molecule has 4 rings (SSSR count). The van der Waals surface area contributed by atoms with Crippen LogP contribution in [0.15, 0.2) is 60.9 Å². The fraction of sp³-hybridized carbons (Fsp3) is 0.541. The number of aliphatic hydroxyl groups is 2. The lowest BCUT2D eigenvalue weighted by Crippen LogP contribution is -2.50. The van der Waals surface area contributed by atoms with Crippen LogP contribution in [0.2, 0.25) is 0 Å². The summed E-state index contributed by atoms with van der Waals surface area (Å²) in [5.41, 5.74) is 3.43. The van der Waals surface area contributed by atoms with Crippen molar-refractivity contribution in [3.63, 3.8) is 0 Å². The molecule has 2 amide bonds. The molecule has 2 aromatic carbocycles. The van der Waals surface area contributed by atoms with Gasteiger partial charge in [0.1, 0.15) is 18.3 Å². The molecule has 11 heteroatoms. The monoisotopic (exact) mass is 661 g/mol. The molecule has 0 saturated heterocycles. The highest BCUT2D eigenvalue weighted by Gasteiger charge is 2.30. The number of nitrogens with one attached hydrogen (secondary N) is 4. The molecule has 0 spiro atoms. The number of H-pyrrole nitrogens is 1. The number of aromatic nitrogens is 2. The van der Waals surface area contributed by atoms with Crippen LogP contribution in [0.25, 0.3) is 0 Å². The molecule has 3 aromatic rings. The highest BCUT2D eigenvalue weighted by Crippen LogP contribution is 2.28. The van der Waals surface area contributed by atoms with Crippen LogP contribution < -0.4 is 16.0 Å². The number of carbonyl (C=O) groups is 2. The maximum atomic E-state index is 14.0. The van der Waals surface area contributed by atoms with Crippen molar-refractivity contribution in [3.8, 4) is 0 Å². The van der Waals surface area contributed by atoms with Crippen molar-refractivity contribution < 1.29 is 19.8 Å². The first-order valence-electron chi connectivity index (χ1n) is 17.6. The third-order valence-electron chi connectivity index (χ3n) is 9.11. The lowest BCUT2D eigenvalue weighted by molar-refractivity contribution is -0.124. The van der Waals surface area contributed by atoms with Crippen molar-refractivity contribution in [1.82, 2.24) is 30.4 Å². The summed E-state index contributed by atoms with van der Waals surface area (Å²) in [6.45, 7) is 10.4. The summed E-state index contributed by atoms with van der Waals surface area (Å²) in [6.07, 6.45) is 6.63. The Morgan fingerprint density at radius 2 is 1.85 bits per heavy atom. The number of carbonyl (C=O) groups excluding carboxylic acids is 2. The molecule has 262 valence electrons. The summed E-state index contributed by atoms with van der Waals surface area (Å²) in [4.78, 5) is 38.3. The Labute approximate surface area is 285 Å². The molecule has 5 atom stereocenters. The number of imidazole rings is 1. The highest BCUT2D eigenvalue weighted by molar-refractivity contribution is 5.95. The number of rotatable bonds is 18. The van der Waals surface area contributed by atoms with Gasteiger partial charge in [-0.1, -0.05) is 70.9 Å². The maximum Gasteiger partial charge on any atom is 0.254 e. The van der Waals surface area contributed by atoms with E-state index in [0.717, 1.165) is 36.1 Å². The Balaban J connectivity index is 1.42. The highest BCUT2D eigenvalue weighted by atomic mass is 16.3. The molecule has 0 unspecified atom stereocenters. The number of fused-ring (bicyclic) bond motifs is 1. The van der Waals surface area contributed by atoms with Gasteiger partial charge in [-0.2, -0.15) is 0 Å². The Kier molecular flexibility index (Phi) is 14.4. The number of anilines is 1. The van der Waals surface area contributed by atoms with Crippen LogP contribution in [0.5, 0.6) is 0 Å². The minimum absolute atomic E-state index is 0.0634. The Bertz CT molecular complexity index is 1400. The van der Waals surface area contributed by atoms with Gasteiger partial charge in [0.05, 0.1) is 18.6 Å². The smallest absolute Gasteiger partial charge is 0.254 e. The van der Waals surface area contributed by atoms with Crippen LogP contribution in [-0.2, 0) is 24.4 Å². The molecule has 1 aromatic heterocycles. The topological polar surface area (TPSA) is 146 Å². The zero-order chi connectivity index (χ0) is 34.5. The summed E-state index contributed by atoms with van der Waals surface area (Å²) in [5.74, 6) is 0.552. The second kappa shape index (κ2) is 18.7. The fourth-order valence-electron chi connectivity index (χ4n) is 6.29. The van der Waals surface area contributed by atoms with E-state index in [2.05, 4.69) is 32.8 Å². The molecule has 6 N–H and O–H groups in total. The van der Waals surface area contributed by atoms with Crippen LogP contribution in [0, 0.1) is 5.92 Å². The second-order valence-electron chi connectivity index (χ2n) is 13.0. The number of benzene rings is 2. The summed E-state index contributed by atoms with van der Waals surface area (Å²) in [5, 5.41) is 31.6. The number of aliphatic hydroxyl groups excluding tert-OH is 2. The predicted molar refractivity (Wildman–Crippen MR) is 189 cm³/mol.